The maximum absolute atomic E-state index is 11.6. The van der Waals surface area contributed by atoms with Crippen molar-refractivity contribution in [3.8, 4) is 0 Å². The van der Waals surface area contributed by atoms with Crippen molar-refractivity contribution in [2.24, 2.45) is 0 Å². The summed E-state index contributed by atoms with van der Waals surface area (Å²) in [6, 6.07) is 9.55. The molecule has 0 fully saturated rings. The van der Waals surface area contributed by atoms with Crippen LogP contribution in [0, 0.1) is 0 Å². The normalized spacial score (nSPS) is 16.8. The lowest BCUT2D eigenvalue weighted by Gasteiger charge is -2.22. The van der Waals surface area contributed by atoms with Gasteiger partial charge in [-0.15, -0.1) is 0 Å². The monoisotopic (exact) mass is 298 g/mol. The van der Waals surface area contributed by atoms with Crippen molar-refractivity contribution in [3.63, 3.8) is 0 Å². The van der Waals surface area contributed by atoms with Crippen LogP contribution in [0.1, 0.15) is 12.5 Å². The molecule has 0 aromatic heterocycles. The van der Waals surface area contributed by atoms with Gasteiger partial charge in [-0.05, 0) is 18.9 Å². The highest BCUT2D eigenvalue weighted by molar-refractivity contribution is 5.80. The molecule has 0 heterocycles. The first-order valence-corrected chi connectivity index (χ1v) is 6.70. The van der Waals surface area contributed by atoms with Crippen molar-refractivity contribution in [1.29, 1.82) is 0 Å². The number of rotatable bonds is 8. The zero-order valence-corrected chi connectivity index (χ0v) is 11.8. The van der Waals surface area contributed by atoms with Gasteiger partial charge in [-0.25, -0.2) is 5.43 Å². The number of amides is 1. The molecule has 0 aliphatic heterocycles. The first-order chi connectivity index (χ1) is 9.95. The summed E-state index contributed by atoms with van der Waals surface area (Å²) < 4.78 is 0. The van der Waals surface area contributed by atoms with Gasteiger partial charge in [0.15, 0.2) is 6.10 Å². The Balaban J connectivity index is 2.38. The Morgan fingerprint density at radius 2 is 1.81 bits per heavy atom. The molecule has 7 nitrogen and oxygen atoms in total. The van der Waals surface area contributed by atoms with Gasteiger partial charge in [0.25, 0.3) is 5.91 Å². The summed E-state index contributed by atoms with van der Waals surface area (Å²) in [5, 5.41) is 36.7. The van der Waals surface area contributed by atoms with Gasteiger partial charge in [-0.3, -0.25) is 10.2 Å². The lowest BCUT2D eigenvalue weighted by molar-refractivity contribution is -0.143. The van der Waals surface area contributed by atoms with Crippen LogP contribution in [0.15, 0.2) is 30.3 Å². The number of aliphatic hydroxyl groups excluding tert-OH is 4. The Bertz CT molecular complexity index is 429. The zero-order valence-electron chi connectivity index (χ0n) is 11.8. The van der Waals surface area contributed by atoms with Crippen LogP contribution in [0.4, 0.5) is 0 Å². The summed E-state index contributed by atoms with van der Waals surface area (Å²) in [6.07, 6.45) is -4.49. The minimum atomic E-state index is -1.83. The van der Waals surface area contributed by atoms with E-state index in [0.29, 0.717) is 6.42 Å². The first kappa shape index (κ1) is 17.5. The van der Waals surface area contributed by atoms with Gasteiger partial charge in [0.1, 0.15) is 12.2 Å². The predicted molar refractivity (Wildman–Crippen MR) is 76.0 cm³/mol. The fourth-order valence-electron chi connectivity index (χ4n) is 1.76. The summed E-state index contributed by atoms with van der Waals surface area (Å²) in [5.41, 5.74) is 6.07. The Morgan fingerprint density at radius 1 is 1.19 bits per heavy atom. The molecule has 0 aliphatic rings. The molecule has 0 aliphatic carbocycles. The highest BCUT2D eigenvalue weighted by Crippen LogP contribution is 2.03. The van der Waals surface area contributed by atoms with E-state index in [4.69, 9.17) is 10.2 Å². The van der Waals surface area contributed by atoms with Crippen LogP contribution in [0.25, 0.3) is 0 Å². The summed E-state index contributed by atoms with van der Waals surface area (Å²) in [6.45, 7) is 1.10. The van der Waals surface area contributed by atoms with Gasteiger partial charge in [0.2, 0.25) is 0 Å². The third-order valence-electron chi connectivity index (χ3n) is 3.00. The molecule has 21 heavy (non-hydrogen) atoms. The molecule has 1 unspecified atom stereocenters. The second-order valence-electron chi connectivity index (χ2n) is 4.91. The molecule has 1 rings (SSSR count). The quantitative estimate of drug-likeness (QED) is 0.319. The van der Waals surface area contributed by atoms with Crippen LogP contribution >= 0.6 is 0 Å². The lowest BCUT2D eigenvalue weighted by atomic mass is 10.1. The van der Waals surface area contributed by atoms with Crippen LogP contribution in [-0.2, 0) is 11.2 Å². The Kier molecular flexibility index (Phi) is 7.27. The fraction of sp³-hybridized carbons (Fsp3) is 0.500. The smallest absolute Gasteiger partial charge is 0.265 e. The van der Waals surface area contributed by atoms with E-state index in [1.807, 2.05) is 37.3 Å². The van der Waals surface area contributed by atoms with E-state index < -0.39 is 30.8 Å². The van der Waals surface area contributed by atoms with E-state index in [2.05, 4.69) is 10.9 Å². The number of benzene rings is 1. The Morgan fingerprint density at radius 3 is 2.38 bits per heavy atom. The predicted octanol–water partition coefficient (Wildman–Crippen LogP) is -1.69. The third-order valence-corrected chi connectivity index (χ3v) is 3.00. The Hall–Kier alpha value is -1.51. The molecule has 0 spiro atoms. The topological polar surface area (TPSA) is 122 Å². The lowest BCUT2D eigenvalue weighted by Crippen LogP contribution is -2.53. The largest absolute Gasteiger partial charge is 0.394 e. The summed E-state index contributed by atoms with van der Waals surface area (Å²) in [4.78, 5) is 11.6. The molecule has 0 bridgehead atoms. The van der Waals surface area contributed by atoms with Crippen molar-refractivity contribution in [3.05, 3.63) is 35.9 Å². The van der Waals surface area contributed by atoms with Gasteiger partial charge in [-0.2, -0.15) is 0 Å². The van der Waals surface area contributed by atoms with Gasteiger partial charge >= 0.3 is 0 Å². The number of nitrogens with one attached hydrogen (secondary N) is 2. The maximum Gasteiger partial charge on any atom is 0.265 e. The molecule has 1 aromatic rings. The molecule has 118 valence electrons. The van der Waals surface area contributed by atoms with Crippen molar-refractivity contribution in [2.45, 2.75) is 37.7 Å². The molecule has 1 amide bonds. The summed E-state index contributed by atoms with van der Waals surface area (Å²) in [7, 11) is 0. The van der Waals surface area contributed by atoms with Crippen LogP contribution in [0.5, 0.6) is 0 Å². The standard InChI is InChI=1S/C14H22N2O5/c1-9(7-10-5-3-2-4-6-10)15-16-14(21)13(20)12(19)11(18)8-17/h2-6,9,11-13,15,17-20H,7-8H2,1H3,(H,16,21)/t9?,11-,12-,13-/m1/s1. The highest BCUT2D eigenvalue weighted by atomic mass is 16.4. The zero-order chi connectivity index (χ0) is 15.8. The summed E-state index contributed by atoms with van der Waals surface area (Å²) in [5.74, 6) is -0.880. The van der Waals surface area contributed by atoms with E-state index in [0.717, 1.165) is 5.56 Å². The number of hydrogen-bond donors (Lipinski definition) is 6. The van der Waals surface area contributed by atoms with Crippen molar-refractivity contribution < 1.29 is 25.2 Å². The molecular formula is C14H22N2O5. The number of aliphatic hydroxyl groups is 4. The molecule has 7 heteroatoms. The average molecular weight is 298 g/mol. The van der Waals surface area contributed by atoms with Crippen molar-refractivity contribution >= 4 is 5.91 Å². The van der Waals surface area contributed by atoms with Crippen molar-refractivity contribution in [1.82, 2.24) is 10.9 Å². The first-order valence-electron chi connectivity index (χ1n) is 6.70. The maximum atomic E-state index is 11.6. The van der Waals surface area contributed by atoms with Gasteiger partial charge in [0, 0.05) is 6.04 Å². The van der Waals surface area contributed by atoms with Crippen LogP contribution < -0.4 is 10.9 Å². The number of carbonyl (C=O) groups excluding carboxylic acids is 1. The second-order valence-corrected chi connectivity index (χ2v) is 4.91. The highest BCUT2D eigenvalue weighted by Gasteiger charge is 2.29. The van der Waals surface area contributed by atoms with Crippen LogP contribution in [0.3, 0.4) is 0 Å². The van der Waals surface area contributed by atoms with Crippen molar-refractivity contribution in [2.75, 3.05) is 6.61 Å². The Labute approximate surface area is 123 Å². The molecule has 0 saturated heterocycles. The van der Waals surface area contributed by atoms with E-state index >= 15 is 0 Å². The third kappa shape index (κ3) is 5.78. The van der Waals surface area contributed by atoms with E-state index in [1.54, 1.807) is 0 Å². The fourth-order valence-corrected chi connectivity index (χ4v) is 1.76. The minimum Gasteiger partial charge on any atom is -0.394 e. The number of hydrogen-bond acceptors (Lipinski definition) is 6. The number of hydrazine groups is 1. The SMILES string of the molecule is CC(Cc1ccccc1)NNC(=O)[C@H](O)[C@H](O)[C@H](O)CO. The molecule has 6 N–H and O–H groups in total. The van der Waals surface area contributed by atoms with Gasteiger partial charge in [0.05, 0.1) is 6.61 Å². The molecule has 0 saturated carbocycles. The van der Waals surface area contributed by atoms with Crippen LogP contribution in [-0.4, -0.2) is 57.3 Å². The van der Waals surface area contributed by atoms with E-state index in [9.17, 15) is 15.0 Å². The number of carbonyl (C=O) groups is 1. The van der Waals surface area contributed by atoms with E-state index in [-0.39, 0.29) is 6.04 Å². The molecule has 1 aromatic carbocycles. The minimum absolute atomic E-state index is 0.0940. The molecular weight excluding hydrogens is 276 g/mol. The van der Waals surface area contributed by atoms with Gasteiger partial charge < -0.3 is 20.4 Å². The van der Waals surface area contributed by atoms with E-state index in [1.165, 1.54) is 0 Å². The molecule has 4 atom stereocenters. The molecule has 0 radical (unpaired) electrons. The average Bonchev–Trinajstić information content (AvgIpc) is 2.51. The van der Waals surface area contributed by atoms with Crippen LogP contribution in [0.2, 0.25) is 0 Å². The van der Waals surface area contributed by atoms with Gasteiger partial charge in [-0.1, -0.05) is 30.3 Å². The summed E-state index contributed by atoms with van der Waals surface area (Å²) >= 11 is 0. The second kappa shape index (κ2) is 8.71.